The van der Waals surface area contributed by atoms with Crippen molar-refractivity contribution in [1.82, 2.24) is 0 Å². The lowest BCUT2D eigenvalue weighted by molar-refractivity contribution is -0.376. The summed E-state index contributed by atoms with van der Waals surface area (Å²) in [4.78, 5) is 14.6. The number of hydrogen-bond acceptors (Lipinski definition) is 2. The average Bonchev–Trinajstić information content (AvgIpc) is 2.88. The minimum absolute atomic E-state index is 0.183. The van der Waals surface area contributed by atoms with Gasteiger partial charge >= 0.3 is 12.4 Å². The fraction of sp³-hybridized carbons (Fsp3) is 0.409. The minimum atomic E-state index is -5.95. The third-order valence-corrected chi connectivity index (χ3v) is 6.11. The van der Waals surface area contributed by atoms with E-state index in [1.807, 2.05) is 24.3 Å². The van der Waals surface area contributed by atoms with Crippen LogP contribution in [-0.2, 0) is 23.2 Å². The summed E-state index contributed by atoms with van der Waals surface area (Å²) in [5.41, 5.74) is -3.87. The molecule has 1 heterocycles. The SMILES string of the molecule is O=C([C@H]1Cc2ccccc21)N1CCCCc2cc(C(O)(C(F)(F)F)C(F)(F)F)ccc21. The van der Waals surface area contributed by atoms with E-state index in [2.05, 4.69) is 0 Å². The molecule has 2 aromatic rings. The zero-order chi connectivity index (χ0) is 22.6. The molecule has 166 valence electrons. The third-order valence-electron chi connectivity index (χ3n) is 6.11. The van der Waals surface area contributed by atoms with Gasteiger partial charge in [-0.3, -0.25) is 4.79 Å². The summed E-state index contributed by atoms with van der Waals surface area (Å²) in [5.74, 6) is -0.611. The molecule has 0 spiro atoms. The zero-order valence-corrected chi connectivity index (χ0v) is 16.2. The van der Waals surface area contributed by atoms with E-state index in [1.165, 1.54) is 4.90 Å². The van der Waals surface area contributed by atoms with Crippen LogP contribution in [0.1, 0.15) is 41.0 Å². The van der Waals surface area contributed by atoms with Crippen molar-refractivity contribution in [2.75, 3.05) is 11.4 Å². The maximum atomic E-state index is 13.3. The second-order valence-electron chi connectivity index (χ2n) is 7.95. The van der Waals surface area contributed by atoms with Crippen molar-refractivity contribution >= 4 is 11.6 Å². The first-order chi connectivity index (χ1) is 14.4. The Labute approximate surface area is 174 Å². The molecule has 1 aliphatic carbocycles. The van der Waals surface area contributed by atoms with E-state index in [1.54, 1.807) is 0 Å². The first-order valence-electron chi connectivity index (χ1n) is 9.83. The summed E-state index contributed by atoms with van der Waals surface area (Å²) in [5, 5.41) is 9.72. The molecule has 31 heavy (non-hydrogen) atoms. The molecule has 1 aliphatic heterocycles. The predicted molar refractivity (Wildman–Crippen MR) is 101 cm³/mol. The number of carbonyl (C=O) groups excluding carboxylic acids is 1. The van der Waals surface area contributed by atoms with Gasteiger partial charge in [0.2, 0.25) is 5.91 Å². The molecule has 2 aromatic carbocycles. The quantitative estimate of drug-likeness (QED) is 0.664. The number of fused-ring (bicyclic) bond motifs is 2. The Kier molecular flexibility index (Phi) is 5.07. The Morgan fingerprint density at radius 2 is 1.61 bits per heavy atom. The fourth-order valence-corrected chi connectivity index (χ4v) is 4.36. The zero-order valence-electron chi connectivity index (χ0n) is 16.2. The van der Waals surface area contributed by atoms with Crippen LogP contribution in [0.2, 0.25) is 0 Å². The number of aryl methyl sites for hydroxylation is 1. The highest BCUT2D eigenvalue weighted by atomic mass is 19.4. The summed E-state index contributed by atoms with van der Waals surface area (Å²) in [6.45, 7) is 0.326. The maximum Gasteiger partial charge on any atom is 0.430 e. The van der Waals surface area contributed by atoms with Crippen LogP contribution in [0.25, 0.3) is 0 Å². The highest BCUT2D eigenvalue weighted by Crippen LogP contribution is 2.51. The van der Waals surface area contributed by atoms with E-state index in [4.69, 9.17) is 0 Å². The Morgan fingerprint density at radius 1 is 0.935 bits per heavy atom. The van der Waals surface area contributed by atoms with Crippen LogP contribution in [0, 0.1) is 0 Å². The first-order valence-corrected chi connectivity index (χ1v) is 9.83. The van der Waals surface area contributed by atoms with Crippen molar-refractivity contribution < 1.29 is 36.2 Å². The summed E-state index contributed by atoms with van der Waals surface area (Å²) in [6.07, 6.45) is -10.1. The van der Waals surface area contributed by atoms with Gasteiger partial charge in [0.05, 0.1) is 5.92 Å². The number of nitrogens with zero attached hydrogens (tertiary/aromatic N) is 1. The van der Waals surface area contributed by atoms with Crippen LogP contribution >= 0.6 is 0 Å². The normalized spacial score (nSPS) is 19.2. The number of rotatable bonds is 2. The lowest BCUT2D eigenvalue weighted by atomic mass is 9.76. The minimum Gasteiger partial charge on any atom is -0.369 e. The van der Waals surface area contributed by atoms with Crippen molar-refractivity contribution in [3.63, 3.8) is 0 Å². The van der Waals surface area contributed by atoms with Gasteiger partial charge in [-0.05, 0) is 48.4 Å². The fourth-order valence-electron chi connectivity index (χ4n) is 4.36. The van der Waals surface area contributed by atoms with E-state index < -0.39 is 23.5 Å². The Morgan fingerprint density at radius 3 is 2.26 bits per heavy atom. The van der Waals surface area contributed by atoms with Gasteiger partial charge in [-0.2, -0.15) is 26.3 Å². The van der Waals surface area contributed by atoms with Gasteiger partial charge in [-0.1, -0.05) is 36.4 Å². The van der Waals surface area contributed by atoms with Crippen molar-refractivity contribution in [1.29, 1.82) is 0 Å². The molecule has 1 N–H and O–H groups in total. The van der Waals surface area contributed by atoms with E-state index in [0.717, 1.165) is 23.3 Å². The van der Waals surface area contributed by atoms with Gasteiger partial charge in [0, 0.05) is 17.8 Å². The van der Waals surface area contributed by atoms with Crippen LogP contribution in [0.15, 0.2) is 42.5 Å². The molecule has 0 radical (unpaired) electrons. The second kappa shape index (κ2) is 7.25. The number of amides is 1. The molecule has 0 unspecified atom stereocenters. The van der Waals surface area contributed by atoms with E-state index in [0.29, 0.717) is 37.6 Å². The molecular formula is C22H19F6NO2. The topological polar surface area (TPSA) is 40.5 Å². The summed E-state index contributed by atoms with van der Waals surface area (Å²) >= 11 is 0. The molecule has 1 amide bonds. The second-order valence-corrected chi connectivity index (χ2v) is 7.95. The Hall–Kier alpha value is -2.55. The van der Waals surface area contributed by atoms with E-state index in [-0.39, 0.29) is 23.8 Å². The van der Waals surface area contributed by atoms with Crippen molar-refractivity contribution in [3.8, 4) is 0 Å². The van der Waals surface area contributed by atoms with Gasteiger partial charge in [0.25, 0.3) is 5.60 Å². The molecule has 0 saturated heterocycles. The lowest BCUT2D eigenvalue weighted by Gasteiger charge is -2.35. The van der Waals surface area contributed by atoms with Gasteiger partial charge in [-0.25, -0.2) is 0 Å². The molecule has 0 saturated carbocycles. The smallest absolute Gasteiger partial charge is 0.369 e. The molecule has 2 aliphatic rings. The molecule has 3 nitrogen and oxygen atoms in total. The average molecular weight is 443 g/mol. The molecule has 0 fully saturated rings. The van der Waals surface area contributed by atoms with Gasteiger partial charge in [0.15, 0.2) is 0 Å². The summed E-state index contributed by atoms with van der Waals surface area (Å²) in [6, 6.07) is 9.87. The number of alkyl halides is 6. The third kappa shape index (κ3) is 3.39. The molecule has 1 atom stereocenters. The highest BCUT2D eigenvalue weighted by Gasteiger charge is 2.71. The molecule has 0 bridgehead atoms. The molecule has 0 aromatic heterocycles. The Balaban J connectivity index is 1.72. The van der Waals surface area contributed by atoms with Gasteiger partial charge < -0.3 is 10.0 Å². The van der Waals surface area contributed by atoms with Crippen LogP contribution in [0.5, 0.6) is 0 Å². The number of carbonyl (C=O) groups is 1. The number of anilines is 1. The molecule has 4 rings (SSSR count). The van der Waals surface area contributed by atoms with Crippen molar-refractivity contribution in [2.45, 2.75) is 49.6 Å². The predicted octanol–water partition coefficient (Wildman–Crippen LogP) is 5.01. The molecule has 9 heteroatoms. The lowest BCUT2D eigenvalue weighted by Crippen LogP contribution is -2.54. The van der Waals surface area contributed by atoms with Gasteiger partial charge in [0.1, 0.15) is 0 Å². The number of aliphatic hydroxyl groups is 1. The van der Waals surface area contributed by atoms with Crippen LogP contribution in [0.4, 0.5) is 32.0 Å². The Bertz CT molecular complexity index is 1000. The summed E-state index contributed by atoms with van der Waals surface area (Å²) in [7, 11) is 0. The van der Waals surface area contributed by atoms with Crippen LogP contribution in [0.3, 0.4) is 0 Å². The highest BCUT2D eigenvalue weighted by molar-refractivity contribution is 6.00. The largest absolute Gasteiger partial charge is 0.430 e. The van der Waals surface area contributed by atoms with E-state index in [9.17, 15) is 36.2 Å². The maximum absolute atomic E-state index is 13.3. The molecular weight excluding hydrogens is 424 g/mol. The summed E-state index contributed by atoms with van der Waals surface area (Å²) < 4.78 is 79.6. The number of halogens is 6. The standard InChI is InChI=1S/C22H19F6NO2/c23-21(24,25)20(31,22(26,27)28)15-8-9-18-14(11-15)6-3-4-10-29(18)19(30)17-12-13-5-1-2-7-16(13)17/h1-2,5,7-9,11,17,31H,3-4,6,10,12H2/t17-/m0/s1. The monoisotopic (exact) mass is 443 g/mol. The number of benzene rings is 2. The van der Waals surface area contributed by atoms with E-state index >= 15 is 0 Å². The van der Waals surface area contributed by atoms with Crippen LogP contribution in [-0.4, -0.2) is 29.9 Å². The van der Waals surface area contributed by atoms with Crippen LogP contribution < -0.4 is 4.90 Å². The number of hydrogen-bond donors (Lipinski definition) is 1. The van der Waals surface area contributed by atoms with Crippen molar-refractivity contribution in [3.05, 3.63) is 64.7 Å². The van der Waals surface area contributed by atoms with Crippen molar-refractivity contribution in [2.24, 2.45) is 0 Å². The first kappa shape index (κ1) is 21.7. The van der Waals surface area contributed by atoms with Gasteiger partial charge in [-0.15, -0.1) is 0 Å².